The average molecular weight is 358 g/mol. The number of fused-ring (bicyclic) bond motifs is 1. The summed E-state index contributed by atoms with van der Waals surface area (Å²) in [6.07, 6.45) is 2.56. The van der Waals surface area contributed by atoms with Gasteiger partial charge in [0.25, 0.3) is 5.91 Å². The van der Waals surface area contributed by atoms with Gasteiger partial charge < -0.3 is 10.5 Å². The molecule has 0 saturated heterocycles. The molecule has 0 saturated carbocycles. The first-order valence-electron chi connectivity index (χ1n) is 6.96. The largest absolute Gasteiger partial charge is 0.494 e. The quantitative estimate of drug-likeness (QED) is 0.885. The number of aromatic nitrogens is 1. The maximum atomic E-state index is 13.4. The van der Waals surface area contributed by atoms with E-state index < -0.39 is 5.82 Å². The minimum absolute atomic E-state index is 0. The molecule has 0 fully saturated rings. The first-order valence-corrected chi connectivity index (χ1v) is 7.77. The summed E-state index contributed by atoms with van der Waals surface area (Å²) >= 11 is 1.45. The van der Waals surface area contributed by atoms with Gasteiger partial charge in [-0.05, 0) is 37.5 Å². The molecule has 0 bridgehead atoms. The summed E-state index contributed by atoms with van der Waals surface area (Å²) in [5.74, 6) is -0.802. The van der Waals surface area contributed by atoms with Gasteiger partial charge in [-0.3, -0.25) is 10.1 Å². The first kappa shape index (κ1) is 17.7. The fourth-order valence-electron chi connectivity index (χ4n) is 2.42. The van der Waals surface area contributed by atoms with E-state index >= 15 is 0 Å². The van der Waals surface area contributed by atoms with Crippen molar-refractivity contribution in [3.63, 3.8) is 0 Å². The molecule has 0 spiro atoms. The van der Waals surface area contributed by atoms with E-state index in [1.807, 2.05) is 0 Å². The molecular weight excluding hydrogens is 341 g/mol. The van der Waals surface area contributed by atoms with Crippen LogP contribution < -0.4 is 15.8 Å². The Morgan fingerprint density at radius 2 is 2.30 bits per heavy atom. The minimum atomic E-state index is -0.502. The number of halogens is 2. The predicted molar refractivity (Wildman–Crippen MR) is 90.3 cm³/mol. The van der Waals surface area contributed by atoms with E-state index in [0.29, 0.717) is 10.7 Å². The van der Waals surface area contributed by atoms with Gasteiger partial charge in [-0.2, -0.15) is 0 Å². The van der Waals surface area contributed by atoms with Gasteiger partial charge in [0.1, 0.15) is 0 Å². The number of thiazole rings is 1. The molecule has 1 heterocycles. The second-order valence-electron chi connectivity index (χ2n) is 5.20. The number of methoxy groups -OCH3 is 1. The van der Waals surface area contributed by atoms with Crippen LogP contribution in [0.3, 0.4) is 0 Å². The summed E-state index contributed by atoms with van der Waals surface area (Å²) in [5.41, 5.74) is 7.27. The Morgan fingerprint density at radius 3 is 3.04 bits per heavy atom. The lowest BCUT2D eigenvalue weighted by Crippen LogP contribution is -2.27. The van der Waals surface area contributed by atoms with Gasteiger partial charge in [0, 0.05) is 16.5 Å². The summed E-state index contributed by atoms with van der Waals surface area (Å²) < 4.78 is 18.3. The molecule has 3 rings (SSSR count). The molecule has 5 nitrogen and oxygen atoms in total. The van der Waals surface area contributed by atoms with E-state index in [0.717, 1.165) is 29.8 Å². The van der Waals surface area contributed by atoms with E-state index in [2.05, 4.69) is 10.3 Å². The zero-order valence-corrected chi connectivity index (χ0v) is 14.1. The van der Waals surface area contributed by atoms with Gasteiger partial charge in [-0.25, -0.2) is 9.37 Å². The maximum Gasteiger partial charge on any atom is 0.257 e. The monoisotopic (exact) mass is 357 g/mol. The topological polar surface area (TPSA) is 77.2 Å². The lowest BCUT2D eigenvalue weighted by atomic mass is 9.99. The van der Waals surface area contributed by atoms with Crippen molar-refractivity contribution >= 4 is 34.8 Å². The standard InChI is InChI=1S/C15H16FN3O2S.ClH/c1-21-12-6-8(2-4-10(12)16)14(20)19-15-18-11-5-3-9(17)7-13(11)22-15;/h2,4,6,9H,3,5,7,17H2,1H3,(H,18,19,20);1H/t9-;/m0./s1. The molecule has 1 aromatic heterocycles. The predicted octanol–water partition coefficient (Wildman–Crippen LogP) is 2.78. The number of nitrogens with one attached hydrogen (secondary N) is 1. The summed E-state index contributed by atoms with van der Waals surface area (Å²) in [4.78, 5) is 17.8. The van der Waals surface area contributed by atoms with E-state index in [-0.39, 0.29) is 30.1 Å². The Bertz CT molecular complexity index is 723. The number of rotatable bonds is 3. The van der Waals surface area contributed by atoms with E-state index in [9.17, 15) is 9.18 Å². The van der Waals surface area contributed by atoms with Crippen LogP contribution in [-0.2, 0) is 12.8 Å². The Kier molecular flexibility index (Phi) is 5.56. The van der Waals surface area contributed by atoms with Crippen molar-refractivity contribution in [1.82, 2.24) is 4.98 Å². The van der Waals surface area contributed by atoms with Gasteiger partial charge in [-0.1, -0.05) is 0 Å². The van der Waals surface area contributed by atoms with E-state index in [1.165, 1.54) is 36.6 Å². The van der Waals surface area contributed by atoms with Crippen LogP contribution in [0.1, 0.15) is 27.3 Å². The molecule has 1 aromatic carbocycles. The zero-order chi connectivity index (χ0) is 15.7. The van der Waals surface area contributed by atoms with Crippen molar-refractivity contribution in [2.24, 2.45) is 5.73 Å². The van der Waals surface area contributed by atoms with Crippen molar-refractivity contribution in [2.75, 3.05) is 12.4 Å². The zero-order valence-electron chi connectivity index (χ0n) is 12.5. The third kappa shape index (κ3) is 3.80. The van der Waals surface area contributed by atoms with E-state index in [4.69, 9.17) is 10.5 Å². The van der Waals surface area contributed by atoms with Crippen LogP contribution in [0, 0.1) is 5.82 Å². The van der Waals surface area contributed by atoms with Gasteiger partial charge in [0.15, 0.2) is 16.7 Å². The number of hydrogen-bond donors (Lipinski definition) is 2. The summed E-state index contributed by atoms with van der Waals surface area (Å²) in [7, 11) is 1.36. The summed E-state index contributed by atoms with van der Waals surface area (Å²) in [5, 5.41) is 3.30. The number of benzene rings is 1. The van der Waals surface area contributed by atoms with Crippen LogP contribution in [0.5, 0.6) is 5.75 Å². The van der Waals surface area contributed by atoms with Crippen LogP contribution in [0.4, 0.5) is 9.52 Å². The van der Waals surface area contributed by atoms with Crippen LogP contribution in [0.25, 0.3) is 0 Å². The number of aryl methyl sites for hydroxylation is 1. The molecule has 0 radical (unpaired) electrons. The van der Waals surface area contributed by atoms with Crippen LogP contribution in [-0.4, -0.2) is 24.0 Å². The number of carbonyl (C=O) groups is 1. The number of nitrogens with two attached hydrogens (primary N) is 1. The highest BCUT2D eigenvalue weighted by Crippen LogP contribution is 2.29. The number of nitrogens with zero attached hydrogens (tertiary/aromatic N) is 1. The van der Waals surface area contributed by atoms with E-state index in [1.54, 1.807) is 0 Å². The van der Waals surface area contributed by atoms with Crippen molar-refractivity contribution < 1.29 is 13.9 Å². The fourth-order valence-corrected chi connectivity index (χ4v) is 3.52. The summed E-state index contributed by atoms with van der Waals surface area (Å²) in [6.45, 7) is 0. The third-order valence-corrected chi connectivity index (χ3v) is 4.65. The third-order valence-electron chi connectivity index (χ3n) is 3.61. The highest BCUT2D eigenvalue weighted by molar-refractivity contribution is 7.15. The van der Waals surface area contributed by atoms with Crippen molar-refractivity contribution in [3.8, 4) is 5.75 Å². The van der Waals surface area contributed by atoms with Crippen molar-refractivity contribution in [1.29, 1.82) is 0 Å². The van der Waals surface area contributed by atoms with Gasteiger partial charge >= 0.3 is 0 Å². The number of carbonyl (C=O) groups excluding carboxylic acids is 1. The van der Waals surface area contributed by atoms with Gasteiger partial charge in [-0.15, -0.1) is 23.7 Å². The van der Waals surface area contributed by atoms with Crippen LogP contribution in [0.15, 0.2) is 18.2 Å². The normalized spacial score (nSPS) is 16.2. The Hall–Kier alpha value is -1.70. The Morgan fingerprint density at radius 1 is 1.52 bits per heavy atom. The molecule has 2 aromatic rings. The molecule has 124 valence electrons. The average Bonchev–Trinajstić information content (AvgIpc) is 2.88. The second-order valence-corrected chi connectivity index (χ2v) is 6.28. The number of hydrogen-bond acceptors (Lipinski definition) is 5. The summed E-state index contributed by atoms with van der Waals surface area (Å²) in [6, 6.07) is 4.16. The number of amides is 1. The number of anilines is 1. The Labute approximate surface area is 143 Å². The van der Waals surface area contributed by atoms with Gasteiger partial charge in [0.2, 0.25) is 0 Å². The fraction of sp³-hybridized carbons (Fsp3) is 0.333. The molecule has 0 unspecified atom stereocenters. The van der Waals surface area contributed by atoms with Crippen molar-refractivity contribution in [2.45, 2.75) is 25.3 Å². The molecule has 1 amide bonds. The van der Waals surface area contributed by atoms with Crippen molar-refractivity contribution in [3.05, 3.63) is 40.2 Å². The van der Waals surface area contributed by atoms with Gasteiger partial charge in [0.05, 0.1) is 12.8 Å². The SMILES string of the molecule is COc1cc(C(=O)Nc2nc3c(s2)C[C@@H](N)CC3)ccc1F.Cl. The molecule has 23 heavy (non-hydrogen) atoms. The van der Waals surface area contributed by atoms with Crippen LogP contribution in [0.2, 0.25) is 0 Å². The minimum Gasteiger partial charge on any atom is -0.494 e. The molecule has 1 aliphatic carbocycles. The lowest BCUT2D eigenvalue weighted by molar-refractivity contribution is 0.102. The molecule has 1 aliphatic rings. The highest BCUT2D eigenvalue weighted by Gasteiger charge is 2.21. The van der Waals surface area contributed by atoms with Crippen LogP contribution >= 0.6 is 23.7 Å². The second kappa shape index (κ2) is 7.25. The molecule has 8 heteroatoms. The molecule has 3 N–H and O–H groups in total. The Balaban J connectivity index is 0.00000192. The highest BCUT2D eigenvalue weighted by atomic mass is 35.5. The first-order chi connectivity index (χ1) is 10.6. The number of ether oxygens (including phenoxy) is 1. The maximum absolute atomic E-state index is 13.4. The smallest absolute Gasteiger partial charge is 0.257 e. The lowest BCUT2D eigenvalue weighted by Gasteiger charge is -2.15. The molecule has 1 atom stereocenters. The molecular formula is C15H17ClFN3O2S. The molecule has 0 aliphatic heterocycles.